The van der Waals surface area contributed by atoms with Crippen LogP contribution in [0.1, 0.15) is 36.7 Å². The van der Waals surface area contributed by atoms with Crippen molar-refractivity contribution in [2.45, 2.75) is 26.2 Å². The van der Waals surface area contributed by atoms with E-state index < -0.39 is 5.97 Å². The number of hydrogen-bond acceptors (Lipinski definition) is 4. The highest BCUT2D eigenvalue weighted by Gasteiger charge is 2.21. The molecule has 1 aliphatic rings. The molecule has 0 saturated carbocycles. The molecule has 5 nitrogen and oxygen atoms in total. The molecule has 2 rings (SSSR count). The van der Waals surface area contributed by atoms with Crippen molar-refractivity contribution in [2.24, 2.45) is 5.92 Å². The fraction of sp³-hybridized carbons (Fsp3) is 0.583. The highest BCUT2D eigenvalue weighted by molar-refractivity contribution is 5.85. The maximum Gasteiger partial charge on any atom is 0.354 e. The van der Waals surface area contributed by atoms with Crippen LogP contribution in [0.2, 0.25) is 0 Å². The van der Waals surface area contributed by atoms with Crippen molar-refractivity contribution in [2.75, 3.05) is 18.0 Å². The summed E-state index contributed by atoms with van der Waals surface area (Å²) in [5.74, 6) is 0.210. The molecule has 1 aliphatic heterocycles. The summed E-state index contributed by atoms with van der Waals surface area (Å²) in [6.45, 7) is 4.03. The molecule has 1 unspecified atom stereocenters. The van der Waals surface area contributed by atoms with E-state index in [4.69, 9.17) is 5.11 Å². The van der Waals surface area contributed by atoms with E-state index >= 15 is 0 Å². The maximum absolute atomic E-state index is 10.8. The SMILES string of the molecule is CCC1CCCN(c2nccc(C(=O)O)n2)C1. The third-order valence-electron chi connectivity index (χ3n) is 3.24. The van der Waals surface area contributed by atoms with E-state index in [2.05, 4.69) is 21.8 Å². The Kier molecular flexibility index (Phi) is 3.56. The zero-order valence-electron chi connectivity index (χ0n) is 9.96. The largest absolute Gasteiger partial charge is 0.477 e. The lowest BCUT2D eigenvalue weighted by Crippen LogP contribution is -2.36. The van der Waals surface area contributed by atoms with Gasteiger partial charge in [-0.3, -0.25) is 0 Å². The Morgan fingerprint density at radius 3 is 3.18 bits per heavy atom. The van der Waals surface area contributed by atoms with Crippen LogP contribution in [0.3, 0.4) is 0 Å². The minimum atomic E-state index is -1.00. The fourth-order valence-corrected chi connectivity index (χ4v) is 2.20. The van der Waals surface area contributed by atoms with E-state index in [0.29, 0.717) is 11.9 Å². The second kappa shape index (κ2) is 5.12. The van der Waals surface area contributed by atoms with Crippen LogP contribution in [0.15, 0.2) is 12.3 Å². The van der Waals surface area contributed by atoms with Crippen molar-refractivity contribution in [3.63, 3.8) is 0 Å². The Hall–Kier alpha value is -1.65. The molecule has 0 amide bonds. The number of nitrogens with zero attached hydrogens (tertiary/aromatic N) is 3. The summed E-state index contributed by atoms with van der Waals surface area (Å²) in [4.78, 5) is 21.2. The molecule has 1 aromatic rings. The van der Waals surface area contributed by atoms with Crippen molar-refractivity contribution < 1.29 is 9.90 Å². The number of aromatic carboxylic acids is 1. The number of piperidine rings is 1. The average Bonchev–Trinajstić information content (AvgIpc) is 2.39. The van der Waals surface area contributed by atoms with E-state index in [1.165, 1.54) is 18.7 Å². The lowest BCUT2D eigenvalue weighted by Gasteiger charge is -2.32. The minimum absolute atomic E-state index is 0.0635. The Balaban J connectivity index is 2.16. The predicted octanol–water partition coefficient (Wildman–Crippen LogP) is 1.80. The lowest BCUT2D eigenvalue weighted by atomic mass is 9.96. The first-order chi connectivity index (χ1) is 8.20. The summed E-state index contributed by atoms with van der Waals surface area (Å²) < 4.78 is 0. The van der Waals surface area contributed by atoms with Gasteiger partial charge in [0.1, 0.15) is 0 Å². The summed E-state index contributed by atoms with van der Waals surface area (Å²) in [6, 6.07) is 1.42. The number of aromatic nitrogens is 2. The molecule has 1 fully saturated rings. The lowest BCUT2D eigenvalue weighted by molar-refractivity contribution is 0.0690. The number of carbonyl (C=O) groups is 1. The standard InChI is InChI=1S/C12H17N3O2/c1-2-9-4-3-7-15(8-9)12-13-6-5-10(14-12)11(16)17/h5-6,9H,2-4,7-8H2,1H3,(H,16,17). The van der Waals surface area contributed by atoms with Gasteiger partial charge in [0.05, 0.1) is 0 Å². The molecular formula is C12H17N3O2. The molecule has 2 heterocycles. The van der Waals surface area contributed by atoms with Crippen LogP contribution in [0.4, 0.5) is 5.95 Å². The molecule has 1 aromatic heterocycles. The van der Waals surface area contributed by atoms with Crippen LogP contribution in [0.25, 0.3) is 0 Å². The van der Waals surface area contributed by atoms with Crippen LogP contribution in [-0.2, 0) is 0 Å². The summed E-state index contributed by atoms with van der Waals surface area (Å²) in [7, 11) is 0. The predicted molar refractivity (Wildman–Crippen MR) is 64.2 cm³/mol. The summed E-state index contributed by atoms with van der Waals surface area (Å²) >= 11 is 0. The summed E-state index contributed by atoms with van der Waals surface area (Å²) in [5, 5.41) is 8.90. The van der Waals surface area contributed by atoms with E-state index in [0.717, 1.165) is 25.9 Å². The molecule has 92 valence electrons. The van der Waals surface area contributed by atoms with E-state index in [-0.39, 0.29) is 5.69 Å². The zero-order chi connectivity index (χ0) is 12.3. The molecule has 0 spiro atoms. The Labute approximate surface area is 100 Å². The highest BCUT2D eigenvalue weighted by atomic mass is 16.4. The first-order valence-electron chi connectivity index (χ1n) is 6.02. The van der Waals surface area contributed by atoms with Gasteiger partial charge >= 0.3 is 5.97 Å². The van der Waals surface area contributed by atoms with Crippen LogP contribution >= 0.6 is 0 Å². The smallest absolute Gasteiger partial charge is 0.354 e. The third kappa shape index (κ3) is 2.72. The van der Waals surface area contributed by atoms with Crippen LogP contribution in [0.5, 0.6) is 0 Å². The van der Waals surface area contributed by atoms with Crippen molar-refractivity contribution in [3.05, 3.63) is 18.0 Å². The second-order valence-electron chi connectivity index (χ2n) is 4.41. The monoisotopic (exact) mass is 235 g/mol. The second-order valence-corrected chi connectivity index (χ2v) is 4.41. The average molecular weight is 235 g/mol. The Bertz CT molecular complexity index is 408. The first-order valence-corrected chi connectivity index (χ1v) is 6.02. The van der Waals surface area contributed by atoms with Gasteiger partial charge in [0, 0.05) is 19.3 Å². The quantitative estimate of drug-likeness (QED) is 0.865. The summed E-state index contributed by atoms with van der Waals surface area (Å²) in [5.41, 5.74) is 0.0635. The van der Waals surface area contributed by atoms with E-state index in [1.54, 1.807) is 0 Å². The van der Waals surface area contributed by atoms with Gasteiger partial charge in [-0.05, 0) is 24.8 Å². The number of anilines is 1. The first kappa shape index (κ1) is 11.8. The number of carboxylic acid groups (broad SMARTS) is 1. The van der Waals surface area contributed by atoms with Gasteiger partial charge in [0.15, 0.2) is 5.69 Å². The molecule has 1 N–H and O–H groups in total. The molecule has 5 heteroatoms. The van der Waals surface area contributed by atoms with E-state index in [9.17, 15) is 4.79 Å². The van der Waals surface area contributed by atoms with Crippen molar-refractivity contribution in [3.8, 4) is 0 Å². The number of carboxylic acids is 1. The van der Waals surface area contributed by atoms with Crippen molar-refractivity contribution in [1.29, 1.82) is 0 Å². The topological polar surface area (TPSA) is 66.3 Å². The van der Waals surface area contributed by atoms with Gasteiger partial charge < -0.3 is 10.0 Å². The Morgan fingerprint density at radius 1 is 1.65 bits per heavy atom. The molecule has 0 aromatic carbocycles. The molecule has 17 heavy (non-hydrogen) atoms. The van der Waals surface area contributed by atoms with Gasteiger partial charge in [0.2, 0.25) is 5.95 Å². The van der Waals surface area contributed by atoms with Gasteiger partial charge in [-0.15, -0.1) is 0 Å². The van der Waals surface area contributed by atoms with E-state index in [1.807, 2.05) is 0 Å². The van der Waals surface area contributed by atoms with Crippen molar-refractivity contribution in [1.82, 2.24) is 9.97 Å². The van der Waals surface area contributed by atoms with Crippen LogP contribution in [-0.4, -0.2) is 34.1 Å². The van der Waals surface area contributed by atoms with Gasteiger partial charge in [-0.25, -0.2) is 14.8 Å². The molecule has 0 aliphatic carbocycles. The zero-order valence-corrected chi connectivity index (χ0v) is 9.96. The van der Waals surface area contributed by atoms with Crippen LogP contribution in [0, 0.1) is 5.92 Å². The number of hydrogen-bond donors (Lipinski definition) is 1. The molecule has 0 bridgehead atoms. The van der Waals surface area contributed by atoms with Crippen molar-refractivity contribution >= 4 is 11.9 Å². The maximum atomic E-state index is 10.8. The molecular weight excluding hydrogens is 218 g/mol. The Morgan fingerprint density at radius 2 is 2.47 bits per heavy atom. The van der Waals surface area contributed by atoms with Gasteiger partial charge in [-0.1, -0.05) is 13.3 Å². The molecule has 0 radical (unpaired) electrons. The normalized spacial score (nSPS) is 20.3. The highest BCUT2D eigenvalue weighted by Crippen LogP contribution is 2.22. The number of rotatable bonds is 3. The molecule has 1 atom stereocenters. The summed E-state index contributed by atoms with van der Waals surface area (Å²) in [6.07, 6.45) is 5.03. The molecule has 1 saturated heterocycles. The fourth-order valence-electron chi connectivity index (χ4n) is 2.20. The van der Waals surface area contributed by atoms with Gasteiger partial charge in [0.25, 0.3) is 0 Å². The third-order valence-corrected chi connectivity index (χ3v) is 3.24. The van der Waals surface area contributed by atoms with Gasteiger partial charge in [-0.2, -0.15) is 0 Å². The van der Waals surface area contributed by atoms with Crippen LogP contribution < -0.4 is 4.90 Å². The minimum Gasteiger partial charge on any atom is -0.477 e.